The molecule has 7 heteroatoms. The normalized spacial score (nSPS) is 12.5. The van der Waals surface area contributed by atoms with Gasteiger partial charge in [-0.1, -0.05) is 72.8 Å². The number of rotatable bonds is 11. The Morgan fingerprint density at radius 2 is 1.39 bits per heavy atom. The number of benzene rings is 3. The predicted octanol–water partition coefficient (Wildman–Crippen LogP) is 6.46. The van der Waals surface area contributed by atoms with Crippen LogP contribution in [0.25, 0.3) is 11.1 Å². The van der Waals surface area contributed by atoms with E-state index >= 15 is 0 Å². The van der Waals surface area contributed by atoms with E-state index in [0.29, 0.717) is 19.7 Å². The number of fused-ring (bicyclic) bond motifs is 3. The maximum atomic E-state index is 12.8. The lowest BCUT2D eigenvalue weighted by molar-refractivity contribution is 0.0523. The third-order valence-corrected chi connectivity index (χ3v) is 7.33. The first-order valence-electron chi connectivity index (χ1n) is 14.4. The molecule has 0 saturated carbocycles. The molecule has 0 fully saturated rings. The molecule has 218 valence electrons. The molecule has 1 aliphatic rings. The Hall–Kier alpha value is -3.84. The fraction of sp³-hybridized carbons (Fsp3) is 0.412. The Morgan fingerprint density at radius 3 is 2.00 bits per heavy atom. The predicted molar refractivity (Wildman–Crippen MR) is 163 cm³/mol. The van der Waals surface area contributed by atoms with Crippen LogP contribution in [0.1, 0.15) is 55.4 Å². The Bertz CT molecular complexity index is 1270. The summed E-state index contributed by atoms with van der Waals surface area (Å²) in [7, 11) is 3.88. The van der Waals surface area contributed by atoms with Gasteiger partial charge < -0.3 is 24.6 Å². The van der Waals surface area contributed by atoms with Gasteiger partial charge >= 0.3 is 12.2 Å². The lowest BCUT2D eigenvalue weighted by Crippen LogP contribution is -2.36. The molecule has 0 heterocycles. The van der Waals surface area contributed by atoms with Gasteiger partial charge in [0.05, 0.1) is 0 Å². The zero-order chi connectivity index (χ0) is 29.4. The standard InChI is InChI=1S/C34H43N3O4/c1-34(2,3)41-32(38)35-23-26-18-16-25(17-19-26)11-10-20-36(4)21-22-37(5)33(39)40-24-31-29-14-8-6-12-27(29)28-13-7-9-15-30(28)31/h6-9,12-19,31H,10-11,20-24H2,1-5H3,(H,35,38). The van der Waals surface area contributed by atoms with E-state index in [-0.39, 0.29) is 12.0 Å². The van der Waals surface area contributed by atoms with Gasteiger partial charge in [-0.15, -0.1) is 0 Å². The van der Waals surface area contributed by atoms with Crippen LogP contribution in [-0.4, -0.2) is 67.9 Å². The monoisotopic (exact) mass is 557 g/mol. The SMILES string of the molecule is CN(CCCc1ccc(CNC(=O)OC(C)(C)C)cc1)CCN(C)C(=O)OCC1c2ccccc2-c2ccccc21. The maximum absolute atomic E-state index is 12.8. The molecule has 0 spiro atoms. The lowest BCUT2D eigenvalue weighted by atomic mass is 9.98. The lowest BCUT2D eigenvalue weighted by Gasteiger charge is -2.23. The molecule has 0 bridgehead atoms. The van der Waals surface area contributed by atoms with Crippen molar-refractivity contribution in [3.63, 3.8) is 0 Å². The Morgan fingerprint density at radius 1 is 0.805 bits per heavy atom. The summed E-state index contributed by atoms with van der Waals surface area (Å²) in [6, 6.07) is 25.0. The van der Waals surface area contributed by atoms with Crippen LogP contribution in [0.4, 0.5) is 9.59 Å². The smallest absolute Gasteiger partial charge is 0.409 e. The zero-order valence-corrected chi connectivity index (χ0v) is 25.0. The number of carbonyl (C=O) groups excluding carboxylic acids is 2. The summed E-state index contributed by atoms with van der Waals surface area (Å²) in [5.74, 6) is 0.0673. The summed E-state index contributed by atoms with van der Waals surface area (Å²) in [4.78, 5) is 28.5. The van der Waals surface area contributed by atoms with Crippen molar-refractivity contribution in [2.75, 3.05) is 40.3 Å². The second kappa shape index (κ2) is 13.7. The third kappa shape index (κ3) is 8.57. The van der Waals surface area contributed by atoms with E-state index in [1.807, 2.05) is 45.0 Å². The van der Waals surface area contributed by atoms with Gasteiger partial charge in [-0.05, 0) is 80.6 Å². The number of alkyl carbamates (subject to hydrolysis) is 1. The highest BCUT2D eigenvalue weighted by Crippen LogP contribution is 2.44. The van der Waals surface area contributed by atoms with Crippen LogP contribution in [0.3, 0.4) is 0 Å². The van der Waals surface area contributed by atoms with Crippen molar-refractivity contribution in [2.45, 2.75) is 51.7 Å². The van der Waals surface area contributed by atoms with Crippen molar-refractivity contribution in [3.05, 3.63) is 95.1 Å². The highest BCUT2D eigenvalue weighted by Gasteiger charge is 2.29. The number of amides is 2. The number of carbonyl (C=O) groups is 2. The number of hydrogen-bond acceptors (Lipinski definition) is 5. The minimum atomic E-state index is -0.504. The molecular weight excluding hydrogens is 514 g/mol. The highest BCUT2D eigenvalue weighted by atomic mass is 16.6. The Balaban J connectivity index is 1.14. The molecule has 4 rings (SSSR count). The van der Waals surface area contributed by atoms with Gasteiger partial charge in [-0.2, -0.15) is 0 Å². The molecule has 0 saturated heterocycles. The highest BCUT2D eigenvalue weighted by molar-refractivity contribution is 5.79. The van der Waals surface area contributed by atoms with E-state index in [1.54, 1.807) is 11.9 Å². The van der Waals surface area contributed by atoms with Crippen molar-refractivity contribution in [2.24, 2.45) is 0 Å². The summed E-state index contributed by atoms with van der Waals surface area (Å²) in [6.45, 7) is 8.63. The van der Waals surface area contributed by atoms with Crippen molar-refractivity contribution in [1.82, 2.24) is 15.1 Å². The molecule has 1 aliphatic carbocycles. The number of hydrogen-bond donors (Lipinski definition) is 1. The van der Waals surface area contributed by atoms with Crippen molar-refractivity contribution >= 4 is 12.2 Å². The first kappa shape index (κ1) is 30.1. The molecule has 41 heavy (non-hydrogen) atoms. The number of likely N-dealkylation sites (N-methyl/N-ethyl adjacent to an activating group) is 2. The summed E-state index contributed by atoms with van der Waals surface area (Å²) < 4.78 is 11.1. The molecule has 3 aromatic carbocycles. The van der Waals surface area contributed by atoms with Crippen molar-refractivity contribution < 1.29 is 19.1 Å². The van der Waals surface area contributed by atoms with E-state index in [4.69, 9.17) is 9.47 Å². The summed E-state index contributed by atoms with van der Waals surface area (Å²) in [5, 5.41) is 2.79. The average Bonchev–Trinajstić information content (AvgIpc) is 3.27. The van der Waals surface area contributed by atoms with Crippen LogP contribution in [0.15, 0.2) is 72.8 Å². The van der Waals surface area contributed by atoms with Crippen LogP contribution in [0, 0.1) is 0 Å². The van der Waals surface area contributed by atoms with E-state index in [1.165, 1.54) is 27.8 Å². The van der Waals surface area contributed by atoms with Gasteiger partial charge in [0.25, 0.3) is 0 Å². The van der Waals surface area contributed by atoms with Crippen LogP contribution in [0.2, 0.25) is 0 Å². The van der Waals surface area contributed by atoms with Crippen molar-refractivity contribution in [1.29, 1.82) is 0 Å². The second-order valence-electron chi connectivity index (χ2n) is 11.8. The molecule has 0 radical (unpaired) electrons. The quantitative estimate of drug-likeness (QED) is 0.293. The number of ether oxygens (including phenoxy) is 2. The minimum absolute atomic E-state index is 0.0673. The van der Waals surface area contributed by atoms with E-state index in [9.17, 15) is 9.59 Å². The summed E-state index contributed by atoms with van der Waals surface area (Å²) in [5.41, 5.74) is 6.68. The summed E-state index contributed by atoms with van der Waals surface area (Å²) >= 11 is 0. The summed E-state index contributed by atoms with van der Waals surface area (Å²) in [6.07, 6.45) is 1.28. The molecule has 3 aromatic rings. The van der Waals surface area contributed by atoms with Gasteiger partial charge in [0.1, 0.15) is 12.2 Å². The van der Waals surface area contributed by atoms with Gasteiger partial charge in [0.15, 0.2) is 0 Å². The topological polar surface area (TPSA) is 71.1 Å². The van der Waals surface area contributed by atoms with Crippen LogP contribution in [0.5, 0.6) is 0 Å². The number of nitrogens with one attached hydrogen (secondary N) is 1. The van der Waals surface area contributed by atoms with Crippen molar-refractivity contribution in [3.8, 4) is 11.1 Å². The zero-order valence-electron chi connectivity index (χ0n) is 25.0. The molecule has 0 unspecified atom stereocenters. The van der Waals surface area contributed by atoms with Gasteiger partial charge in [0, 0.05) is 32.6 Å². The van der Waals surface area contributed by atoms with E-state index in [0.717, 1.165) is 31.5 Å². The molecular formula is C34H43N3O4. The van der Waals surface area contributed by atoms with Crippen LogP contribution >= 0.6 is 0 Å². The van der Waals surface area contributed by atoms with Gasteiger partial charge in [-0.3, -0.25) is 0 Å². The first-order chi connectivity index (χ1) is 19.6. The first-order valence-corrected chi connectivity index (χ1v) is 14.4. The fourth-order valence-corrected chi connectivity index (χ4v) is 5.09. The van der Waals surface area contributed by atoms with E-state index in [2.05, 4.69) is 65.8 Å². The Kier molecular flexibility index (Phi) is 10.1. The maximum Gasteiger partial charge on any atom is 0.409 e. The number of nitrogens with zero attached hydrogens (tertiary/aromatic N) is 2. The van der Waals surface area contributed by atoms with E-state index < -0.39 is 11.7 Å². The molecule has 1 N–H and O–H groups in total. The average molecular weight is 558 g/mol. The fourth-order valence-electron chi connectivity index (χ4n) is 5.09. The van der Waals surface area contributed by atoms with Crippen LogP contribution < -0.4 is 5.32 Å². The van der Waals surface area contributed by atoms with Crippen LogP contribution in [-0.2, 0) is 22.4 Å². The second-order valence-corrected chi connectivity index (χ2v) is 11.8. The molecule has 0 atom stereocenters. The number of aryl methyl sites for hydroxylation is 1. The molecule has 0 aliphatic heterocycles. The largest absolute Gasteiger partial charge is 0.448 e. The van der Waals surface area contributed by atoms with Gasteiger partial charge in [-0.25, -0.2) is 9.59 Å². The molecule has 7 nitrogen and oxygen atoms in total. The minimum Gasteiger partial charge on any atom is -0.448 e. The molecule has 0 aromatic heterocycles. The molecule has 2 amide bonds. The Labute approximate surface area is 244 Å². The van der Waals surface area contributed by atoms with Gasteiger partial charge in [0.2, 0.25) is 0 Å². The third-order valence-electron chi connectivity index (χ3n) is 7.33.